The van der Waals surface area contributed by atoms with Crippen LogP contribution in [-0.4, -0.2) is 33.1 Å². The molecule has 1 saturated heterocycles. The summed E-state index contributed by atoms with van der Waals surface area (Å²) in [6.07, 6.45) is 4.05. The van der Waals surface area contributed by atoms with Crippen molar-refractivity contribution >= 4 is 11.5 Å². The van der Waals surface area contributed by atoms with Crippen LogP contribution < -0.4 is 4.74 Å². The van der Waals surface area contributed by atoms with E-state index < -0.39 is 5.97 Å². The van der Waals surface area contributed by atoms with Crippen LogP contribution in [0.4, 0.5) is 0 Å². The first kappa shape index (κ1) is 15.4. The van der Waals surface area contributed by atoms with Crippen LogP contribution in [0.5, 0.6) is 5.75 Å². The number of carbonyl (C=O) groups is 1. The molecule has 0 aromatic heterocycles. The van der Waals surface area contributed by atoms with Crippen LogP contribution in [-0.2, 0) is 19.0 Å². The average molecular weight is 292 g/mol. The topological polar surface area (TPSA) is 54.0 Å². The molecule has 0 bridgehead atoms. The zero-order valence-corrected chi connectivity index (χ0v) is 12.3. The highest BCUT2D eigenvalue weighted by Crippen LogP contribution is 2.29. The molecular formula is C16H20O5. The van der Waals surface area contributed by atoms with Crippen molar-refractivity contribution in [2.75, 3.05) is 20.8 Å². The highest BCUT2D eigenvalue weighted by atomic mass is 16.7. The predicted molar refractivity (Wildman–Crippen MR) is 77.7 cm³/mol. The average Bonchev–Trinajstić information content (AvgIpc) is 2.54. The van der Waals surface area contributed by atoms with Gasteiger partial charge in [-0.05, 0) is 18.9 Å². The van der Waals surface area contributed by atoms with Gasteiger partial charge in [-0.25, -0.2) is 4.79 Å². The molecule has 0 radical (unpaired) electrons. The molecule has 0 N–H and O–H groups in total. The van der Waals surface area contributed by atoms with Crippen molar-refractivity contribution in [1.82, 2.24) is 0 Å². The van der Waals surface area contributed by atoms with Crippen LogP contribution >= 0.6 is 0 Å². The Bertz CT molecular complexity index is 503. The van der Waals surface area contributed by atoms with E-state index in [1.54, 1.807) is 12.1 Å². The van der Waals surface area contributed by atoms with Gasteiger partial charge in [-0.2, -0.15) is 0 Å². The first-order chi connectivity index (χ1) is 10.3. The molecule has 0 spiro atoms. The van der Waals surface area contributed by atoms with Crippen LogP contribution in [0, 0.1) is 0 Å². The molecule has 0 aliphatic carbocycles. The summed E-state index contributed by atoms with van der Waals surface area (Å²) >= 11 is 0. The maximum absolute atomic E-state index is 11.9. The van der Waals surface area contributed by atoms with Gasteiger partial charge in [-0.3, -0.25) is 0 Å². The Labute approximate surface area is 124 Å². The zero-order valence-electron chi connectivity index (χ0n) is 12.3. The van der Waals surface area contributed by atoms with Gasteiger partial charge in [-0.1, -0.05) is 18.2 Å². The molecular weight excluding hydrogens is 272 g/mol. The lowest BCUT2D eigenvalue weighted by molar-refractivity contribution is -0.133. The number of benzene rings is 1. The highest BCUT2D eigenvalue weighted by Gasteiger charge is 2.21. The third-order valence-corrected chi connectivity index (χ3v) is 3.21. The summed E-state index contributed by atoms with van der Waals surface area (Å²) in [6.45, 7) is 0.699. The van der Waals surface area contributed by atoms with Gasteiger partial charge in [0.2, 0.25) is 0 Å². The van der Waals surface area contributed by atoms with Crippen molar-refractivity contribution in [1.29, 1.82) is 0 Å². The minimum Gasteiger partial charge on any atom is -0.503 e. The van der Waals surface area contributed by atoms with Crippen LogP contribution in [0.2, 0.25) is 0 Å². The summed E-state index contributed by atoms with van der Waals surface area (Å²) in [5, 5.41) is 0. The maximum Gasteiger partial charge on any atom is 0.341 e. The fourth-order valence-electron chi connectivity index (χ4n) is 2.19. The minimum atomic E-state index is -0.475. The lowest BCUT2D eigenvalue weighted by Crippen LogP contribution is -2.25. The third-order valence-electron chi connectivity index (χ3n) is 3.21. The quantitative estimate of drug-likeness (QED) is 0.474. The van der Waals surface area contributed by atoms with Gasteiger partial charge < -0.3 is 18.9 Å². The van der Waals surface area contributed by atoms with Gasteiger partial charge in [0.05, 0.1) is 27.1 Å². The van der Waals surface area contributed by atoms with Crippen LogP contribution in [0.1, 0.15) is 24.8 Å². The van der Waals surface area contributed by atoms with Gasteiger partial charge in [0.15, 0.2) is 6.29 Å². The molecule has 5 heteroatoms. The largest absolute Gasteiger partial charge is 0.503 e. The molecule has 5 nitrogen and oxygen atoms in total. The number of hydrogen-bond donors (Lipinski definition) is 0. The van der Waals surface area contributed by atoms with Crippen molar-refractivity contribution in [3.8, 4) is 5.75 Å². The van der Waals surface area contributed by atoms with Gasteiger partial charge in [-0.15, -0.1) is 0 Å². The van der Waals surface area contributed by atoms with E-state index in [0.29, 0.717) is 23.5 Å². The fourth-order valence-corrected chi connectivity index (χ4v) is 2.19. The Kier molecular flexibility index (Phi) is 5.63. The number of ether oxygens (including phenoxy) is 4. The van der Waals surface area contributed by atoms with Crippen LogP contribution in [0.15, 0.2) is 30.5 Å². The molecule has 1 aliphatic heterocycles. The first-order valence-corrected chi connectivity index (χ1v) is 6.95. The normalized spacial score (nSPS) is 19.0. The molecule has 21 heavy (non-hydrogen) atoms. The fraction of sp³-hybridized carbons (Fsp3) is 0.438. The summed E-state index contributed by atoms with van der Waals surface area (Å²) in [5.41, 5.74) is 0.937. The highest BCUT2D eigenvalue weighted by molar-refractivity contribution is 6.16. The maximum atomic E-state index is 11.9. The summed E-state index contributed by atoms with van der Waals surface area (Å²) in [7, 11) is 2.82. The van der Waals surface area contributed by atoms with Crippen LogP contribution in [0.3, 0.4) is 0 Å². The second-order valence-corrected chi connectivity index (χ2v) is 4.67. The molecule has 1 fully saturated rings. The van der Waals surface area contributed by atoms with Crippen molar-refractivity contribution in [2.45, 2.75) is 25.6 Å². The van der Waals surface area contributed by atoms with Crippen molar-refractivity contribution in [2.24, 2.45) is 0 Å². The zero-order chi connectivity index (χ0) is 15.1. The predicted octanol–water partition coefficient (Wildman–Crippen LogP) is 2.75. The molecule has 114 valence electrons. The van der Waals surface area contributed by atoms with Gasteiger partial charge in [0.1, 0.15) is 11.3 Å². The first-order valence-electron chi connectivity index (χ1n) is 6.95. The molecule has 1 aliphatic rings. The van der Waals surface area contributed by atoms with Crippen LogP contribution in [0.25, 0.3) is 5.57 Å². The van der Waals surface area contributed by atoms with Gasteiger partial charge in [0.25, 0.3) is 0 Å². The van der Waals surface area contributed by atoms with E-state index in [1.165, 1.54) is 20.5 Å². The number of methoxy groups -OCH3 is 2. The molecule has 1 aromatic rings. The van der Waals surface area contributed by atoms with E-state index in [1.807, 2.05) is 12.1 Å². The number of esters is 1. The molecule has 1 unspecified atom stereocenters. The second kappa shape index (κ2) is 7.69. The lowest BCUT2D eigenvalue weighted by Gasteiger charge is -2.24. The molecule has 1 atom stereocenters. The van der Waals surface area contributed by atoms with E-state index in [4.69, 9.17) is 18.9 Å². The monoisotopic (exact) mass is 292 g/mol. The third kappa shape index (κ3) is 3.98. The van der Waals surface area contributed by atoms with E-state index in [0.717, 1.165) is 19.3 Å². The lowest BCUT2D eigenvalue weighted by atomic mass is 10.1. The minimum absolute atomic E-state index is 0.277. The Morgan fingerprint density at radius 3 is 2.76 bits per heavy atom. The summed E-state index contributed by atoms with van der Waals surface area (Å²) in [4.78, 5) is 11.9. The Hall–Kier alpha value is -2.01. The number of rotatable bonds is 5. The van der Waals surface area contributed by atoms with E-state index >= 15 is 0 Å². The van der Waals surface area contributed by atoms with Crippen molar-refractivity contribution < 1.29 is 23.7 Å². The number of carbonyl (C=O) groups excluding carboxylic acids is 1. The SMILES string of the molecule is CO/C=C(/C(=O)OC)c1ccccc1OC1CCCCO1. The van der Waals surface area contributed by atoms with E-state index in [-0.39, 0.29) is 6.29 Å². The van der Waals surface area contributed by atoms with E-state index in [2.05, 4.69) is 0 Å². The second-order valence-electron chi connectivity index (χ2n) is 4.67. The molecule has 0 saturated carbocycles. The summed E-state index contributed by atoms with van der Waals surface area (Å²) in [5.74, 6) is 0.107. The van der Waals surface area contributed by atoms with Crippen molar-refractivity contribution in [3.63, 3.8) is 0 Å². The van der Waals surface area contributed by atoms with Gasteiger partial charge in [0, 0.05) is 12.0 Å². The smallest absolute Gasteiger partial charge is 0.341 e. The number of hydrogen-bond acceptors (Lipinski definition) is 5. The Morgan fingerprint density at radius 1 is 1.29 bits per heavy atom. The molecule has 1 heterocycles. The Balaban J connectivity index is 2.26. The summed E-state index contributed by atoms with van der Waals surface area (Å²) < 4.78 is 21.2. The number of para-hydroxylation sites is 1. The Morgan fingerprint density at radius 2 is 2.10 bits per heavy atom. The molecule has 0 amide bonds. The van der Waals surface area contributed by atoms with E-state index in [9.17, 15) is 4.79 Å². The standard InChI is InChI=1S/C16H20O5/c1-18-11-13(16(17)19-2)12-7-3-4-8-14(12)21-15-9-5-6-10-20-15/h3-4,7-8,11,15H,5-6,9-10H2,1-2H3/b13-11+. The molecule has 2 rings (SSSR count). The molecule has 1 aromatic carbocycles. The van der Waals surface area contributed by atoms with Crippen molar-refractivity contribution in [3.05, 3.63) is 36.1 Å². The van der Waals surface area contributed by atoms with Gasteiger partial charge >= 0.3 is 5.97 Å². The summed E-state index contributed by atoms with van der Waals surface area (Å²) in [6, 6.07) is 7.28.